The summed E-state index contributed by atoms with van der Waals surface area (Å²) in [5.74, 6) is 5.17. The number of hydrogen-bond acceptors (Lipinski definition) is 0. The van der Waals surface area contributed by atoms with Crippen molar-refractivity contribution in [2.75, 3.05) is 0 Å². The molecular formula is C27H46Cl2. The molecule has 0 nitrogen and oxygen atoms in total. The van der Waals surface area contributed by atoms with Crippen LogP contribution in [-0.4, -0.2) is 10.3 Å². The van der Waals surface area contributed by atoms with E-state index in [9.17, 15) is 0 Å². The molecule has 168 valence electrons. The average Bonchev–Trinajstić information content (AvgIpc) is 3.01. The highest BCUT2D eigenvalue weighted by atomic mass is 35.5. The van der Waals surface area contributed by atoms with Gasteiger partial charge in [-0.3, -0.25) is 0 Å². The molecule has 4 aliphatic rings. The van der Waals surface area contributed by atoms with Gasteiger partial charge < -0.3 is 0 Å². The molecule has 0 N–H and O–H groups in total. The van der Waals surface area contributed by atoms with Crippen molar-refractivity contribution in [1.82, 2.24) is 0 Å². The molecule has 9 atom stereocenters. The van der Waals surface area contributed by atoms with Crippen molar-refractivity contribution in [3.05, 3.63) is 0 Å². The third kappa shape index (κ3) is 3.53. The maximum Gasteiger partial charge on any atom is 0.0666 e. The smallest absolute Gasteiger partial charge is 0.0666 e. The predicted octanol–water partition coefficient (Wildman–Crippen LogP) is 9.08. The van der Waals surface area contributed by atoms with Gasteiger partial charge in [0.2, 0.25) is 0 Å². The minimum atomic E-state index is -0.149. The molecule has 0 unspecified atom stereocenters. The second-order valence-corrected chi connectivity index (χ2v) is 13.8. The third-order valence-electron chi connectivity index (χ3n) is 10.9. The molecule has 29 heavy (non-hydrogen) atoms. The van der Waals surface area contributed by atoms with Gasteiger partial charge in [0.1, 0.15) is 0 Å². The molecule has 4 rings (SSSR count). The fourth-order valence-corrected chi connectivity index (χ4v) is 10.3. The number of alkyl halides is 2. The van der Waals surface area contributed by atoms with Crippen molar-refractivity contribution in [2.24, 2.45) is 46.3 Å². The molecule has 0 radical (unpaired) electrons. The monoisotopic (exact) mass is 440 g/mol. The van der Waals surface area contributed by atoms with Gasteiger partial charge in [0, 0.05) is 0 Å². The Labute approximate surface area is 191 Å². The summed E-state index contributed by atoms with van der Waals surface area (Å²) >= 11 is 14.5. The first-order chi connectivity index (χ1) is 13.6. The predicted molar refractivity (Wildman–Crippen MR) is 128 cm³/mol. The van der Waals surface area contributed by atoms with Crippen LogP contribution < -0.4 is 0 Å². The molecule has 0 aromatic rings. The minimum Gasteiger partial charge on any atom is -0.121 e. The summed E-state index contributed by atoms with van der Waals surface area (Å²) < 4.78 is 0. The topological polar surface area (TPSA) is 0 Å². The summed E-state index contributed by atoms with van der Waals surface area (Å²) in [5, 5.41) is 0.167. The number of rotatable bonds is 5. The van der Waals surface area contributed by atoms with Crippen molar-refractivity contribution < 1.29 is 0 Å². The van der Waals surface area contributed by atoms with Gasteiger partial charge in [0.05, 0.1) is 10.3 Å². The quantitative estimate of drug-likeness (QED) is 0.373. The largest absolute Gasteiger partial charge is 0.121 e. The molecule has 0 aromatic heterocycles. The van der Waals surface area contributed by atoms with Gasteiger partial charge in [-0.2, -0.15) is 0 Å². The molecule has 0 aromatic carbocycles. The van der Waals surface area contributed by atoms with Crippen LogP contribution in [0.1, 0.15) is 112 Å². The highest BCUT2D eigenvalue weighted by Gasteiger charge is 2.66. The van der Waals surface area contributed by atoms with Crippen LogP contribution in [0.5, 0.6) is 0 Å². The van der Waals surface area contributed by atoms with Gasteiger partial charge in [-0.25, -0.2) is 0 Å². The van der Waals surface area contributed by atoms with Gasteiger partial charge in [0.15, 0.2) is 0 Å². The standard InChI is InChI=1S/C27H46Cl2/c1-18(2)9-8-10-19(3)21-11-12-22-20-17-24(28)27(29)15-7-6-14-26(27,5)23(20)13-16-25(21,22)4/h18-24H,6-17H2,1-5H3/t19-,20+,21+,22-,23+,24+,25-,26-,27+/m1/s1. The zero-order valence-electron chi connectivity index (χ0n) is 19.8. The molecule has 0 aliphatic heterocycles. The van der Waals surface area contributed by atoms with Crippen LogP contribution in [0, 0.1) is 46.3 Å². The number of halogens is 2. The number of fused-ring (bicyclic) bond motifs is 5. The van der Waals surface area contributed by atoms with Crippen molar-refractivity contribution >= 4 is 23.2 Å². The van der Waals surface area contributed by atoms with E-state index in [1.807, 2.05) is 0 Å². The summed E-state index contributed by atoms with van der Waals surface area (Å²) in [6.45, 7) is 12.5. The zero-order chi connectivity index (χ0) is 21.0. The second-order valence-electron chi connectivity index (χ2n) is 12.6. The molecule has 4 saturated carbocycles. The summed E-state index contributed by atoms with van der Waals surface area (Å²) in [4.78, 5) is -0.149. The van der Waals surface area contributed by atoms with E-state index in [2.05, 4.69) is 34.6 Å². The summed E-state index contributed by atoms with van der Waals surface area (Å²) in [5.41, 5.74) is 0.802. The van der Waals surface area contributed by atoms with Gasteiger partial charge in [-0.05, 0) is 91.3 Å². The average molecular weight is 442 g/mol. The van der Waals surface area contributed by atoms with Crippen molar-refractivity contribution in [3.8, 4) is 0 Å². The Hall–Kier alpha value is 0.580. The van der Waals surface area contributed by atoms with Crippen molar-refractivity contribution in [2.45, 2.75) is 122 Å². The van der Waals surface area contributed by atoms with Gasteiger partial charge >= 0.3 is 0 Å². The normalized spacial score (nSPS) is 50.7. The second kappa shape index (κ2) is 8.17. The SMILES string of the molecule is CC(C)CCC[C@@H](C)[C@@H]1CC[C@@H]2[C@@H]3C[C@H](Cl)[C@@]4(Cl)CCCC[C@]4(C)[C@H]3CC[C@@]21C. The van der Waals surface area contributed by atoms with Gasteiger partial charge in [-0.15, -0.1) is 23.2 Å². The van der Waals surface area contributed by atoms with Crippen LogP contribution in [0.25, 0.3) is 0 Å². The summed E-state index contributed by atoms with van der Waals surface area (Å²) in [7, 11) is 0. The molecule has 0 bridgehead atoms. The molecule has 4 fully saturated rings. The zero-order valence-corrected chi connectivity index (χ0v) is 21.3. The van der Waals surface area contributed by atoms with E-state index in [1.165, 1.54) is 70.6 Å². The molecular weight excluding hydrogens is 395 g/mol. The molecule has 0 amide bonds. The Morgan fingerprint density at radius 1 is 0.897 bits per heavy atom. The lowest BCUT2D eigenvalue weighted by molar-refractivity contribution is -0.103. The Balaban J connectivity index is 1.53. The summed E-state index contributed by atoms with van der Waals surface area (Å²) in [6, 6.07) is 0. The first-order valence-corrected chi connectivity index (χ1v) is 13.8. The highest BCUT2D eigenvalue weighted by molar-refractivity contribution is 6.33. The Morgan fingerprint density at radius 3 is 2.34 bits per heavy atom. The van der Waals surface area contributed by atoms with E-state index in [4.69, 9.17) is 23.2 Å². The highest BCUT2D eigenvalue weighted by Crippen LogP contribution is 2.71. The molecule has 2 heteroatoms. The lowest BCUT2D eigenvalue weighted by atomic mass is 9.44. The maximum absolute atomic E-state index is 7.40. The first kappa shape index (κ1) is 22.8. The van der Waals surface area contributed by atoms with Crippen LogP contribution >= 0.6 is 23.2 Å². The Kier molecular flexibility index (Phi) is 6.41. The van der Waals surface area contributed by atoms with Gasteiger partial charge in [-0.1, -0.05) is 66.7 Å². The van der Waals surface area contributed by atoms with Crippen molar-refractivity contribution in [1.29, 1.82) is 0 Å². The van der Waals surface area contributed by atoms with E-state index in [0.29, 0.717) is 5.41 Å². The van der Waals surface area contributed by atoms with E-state index in [-0.39, 0.29) is 15.7 Å². The molecule has 0 spiro atoms. The van der Waals surface area contributed by atoms with Crippen LogP contribution in [0.3, 0.4) is 0 Å². The minimum absolute atomic E-state index is 0.149. The van der Waals surface area contributed by atoms with Crippen molar-refractivity contribution in [3.63, 3.8) is 0 Å². The summed E-state index contributed by atoms with van der Waals surface area (Å²) in [6.07, 6.45) is 16.2. The lowest BCUT2D eigenvalue weighted by Crippen LogP contribution is -2.63. The van der Waals surface area contributed by atoms with Crippen LogP contribution in [0.2, 0.25) is 0 Å². The molecule has 0 heterocycles. The molecule has 0 saturated heterocycles. The van der Waals surface area contributed by atoms with E-state index < -0.39 is 0 Å². The van der Waals surface area contributed by atoms with E-state index >= 15 is 0 Å². The Morgan fingerprint density at radius 2 is 1.62 bits per heavy atom. The van der Waals surface area contributed by atoms with Crippen LogP contribution in [0.15, 0.2) is 0 Å². The van der Waals surface area contributed by atoms with Gasteiger partial charge in [0.25, 0.3) is 0 Å². The van der Waals surface area contributed by atoms with Crippen LogP contribution in [-0.2, 0) is 0 Å². The lowest BCUT2D eigenvalue weighted by Gasteiger charge is -2.65. The van der Waals surface area contributed by atoms with Crippen LogP contribution in [0.4, 0.5) is 0 Å². The Bertz CT molecular complexity index is 587. The molecule has 4 aliphatic carbocycles. The number of hydrogen-bond donors (Lipinski definition) is 0. The first-order valence-electron chi connectivity index (χ1n) is 13.0. The fourth-order valence-electron chi connectivity index (χ4n) is 9.23. The van der Waals surface area contributed by atoms with E-state index in [1.54, 1.807) is 0 Å². The third-order valence-corrected chi connectivity index (χ3v) is 12.4. The fraction of sp³-hybridized carbons (Fsp3) is 1.00. The van der Waals surface area contributed by atoms with E-state index in [0.717, 1.165) is 41.9 Å². The maximum atomic E-state index is 7.40.